The molecule has 2 N–H and O–H groups in total. The van der Waals surface area contributed by atoms with Crippen molar-refractivity contribution in [2.45, 2.75) is 0 Å². The van der Waals surface area contributed by atoms with Crippen molar-refractivity contribution in [3.05, 3.63) is 84.4 Å². The Morgan fingerprint density at radius 3 is 2.33 bits per heavy atom. The second-order valence-electron chi connectivity index (χ2n) is 5.84. The van der Waals surface area contributed by atoms with E-state index < -0.39 is 0 Å². The molecule has 0 bridgehead atoms. The number of carbonyl (C=O) groups excluding carboxylic acids is 1. The number of benzene rings is 3. The summed E-state index contributed by atoms with van der Waals surface area (Å²) in [6, 6.07) is 24.9. The van der Waals surface area contributed by atoms with Crippen LogP contribution in [0.25, 0.3) is 20.8 Å². The molecule has 4 rings (SSSR count). The van der Waals surface area contributed by atoms with Crippen LogP contribution in [0.5, 0.6) is 0 Å². The van der Waals surface area contributed by atoms with Crippen molar-refractivity contribution in [2.75, 3.05) is 5.32 Å². The molecule has 0 atom stereocenters. The molecule has 0 aliphatic carbocycles. The first kappa shape index (κ1) is 17.3. The maximum Gasteiger partial charge on any atom is 0.257 e. The summed E-state index contributed by atoms with van der Waals surface area (Å²) in [5.74, 6) is -0.237. The normalized spacial score (nSPS) is 10.5. The minimum absolute atomic E-state index is 0.237. The molecule has 0 fully saturated rings. The first-order chi connectivity index (χ1) is 13.2. The third kappa shape index (κ3) is 4.02. The molecule has 0 saturated carbocycles. The summed E-state index contributed by atoms with van der Waals surface area (Å²) in [6.07, 6.45) is 0. The Kier molecular flexibility index (Phi) is 4.91. The van der Waals surface area contributed by atoms with Crippen LogP contribution in [0.2, 0.25) is 0 Å². The summed E-state index contributed by atoms with van der Waals surface area (Å²) in [5.41, 5.74) is 3.41. The number of thiocarbonyl (C=S) groups is 1. The zero-order valence-electron chi connectivity index (χ0n) is 14.2. The molecule has 0 unspecified atom stereocenters. The van der Waals surface area contributed by atoms with Crippen molar-refractivity contribution < 1.29 is 4.79 Å². The van der Waals surface area contributed by atoms with Gasteiger partial charge in [0, 0.05) is 16.8 Å². The van der Waals surface area contributed by atoms with E-state index >= 15 is 0 Å². The van der Waals surface area contributed by atoms with E-state index in [1.54, 1.807) is 23.5 Å². The molecule has 0 saturated heterocycles. The fraction of sp³-hybridized carbons (Fsp3) is 0. The number of fused-ring (bicyclic) bond motifs is 1. The van der Waals surface area contributed by atoms with Crippen molar-refractivity contribution in [2.24, 2.45) is 0 Å². The number of para-hydroxylation sites is 1. The lowest BCUT2D eigenvalue weighted by atomic mass is 10.2. The second kappa shape index (κ2) is 7.65. The van der Waals surface area contributed by atoms with E-state index in [4.69, 9.17) is 12.2 Å². The zero-order valence-corrected chi connectivity index (χ0v) is 15.8. The third-order valence-electron chi connectivity index (χ3n) is 3.95. The van der Waals surface area contributed by atoms with Crippen LogP contribution in [-0.2, 0) is 0 Å². The van der Waals surface area contributed by atoms with Gasteiger partial charge in [0.15, 0.2) is 5.11 Å². The molecule has 1 amide bonds. The van der Waals surface area contributed by atoms with Crippen LogP contribution in [0.3, 0.4) is 0 Å². The van der Waals surface area contributed by atoms with Crippen LogP contribution in [-0.4, -0.2) is 16.0 Å². The molecule has 27 heavy (non-hydrogen) atoms. The van der Waals surface area contributed by atoms with E-state index in [1.807, 2.05) is 60.7 Å². The van der Waals surface area contributed by atoms with Gasteiger partial charge in [-0.3, -0.25) is 10.1 Å². The van der Waals surface area contributed by atoms with Gasteiger partial charge >= 0.3 is 0 Å². The van der Waals surface area contributed by atoms with Crippen LogP contribution in [0, 0.1) is 0 Å². The number of carbonyl (C=O) groups is 1. The number of hydrogen-bond acceptors (Lipinski definition) is 4. The number of rotatable bonds is 3. The predicted molar refractivity (Wildman–Crippen MR) is 115 cm³/mol. The number of nitrogens with zero attached hydrogens (tertiary/aromatic N) is 1. The molecule has 0 aliphatic rings. The van der Waals surface area contributed by atoms with E-state index in [0.717, 1.165) is 21.8 Å². The smallest absolute Gasteiger partial charge is 0.257 e. The van der Waals surface area contributed by atoms with Gasteiger partial charge in [-0.1, -0.05) is 30.3 Å². The molecule has 3 aromatic carbocycles. The van der Waals surface area contributed by atoms with Crippen LogP contribution < -0.4 is 10.6 Å². The van der Waals surface area contributed by atoms with Gasteiger partial charge in [0.25, 0.3) is 5.91 Å². The van der Waals surface area contributed by atoms with Crippen LogP contribution in [0.1, 0.15) is 10.4 Å². The van der Waals surface area contributed by atoms with Crippen molar-refractivity contribution in [1.29, 1.82) is 0 Å². The Labute approximate surface area is 165 Å². The maximum atomic E-state index is 12.1. The SMILES string of the molecule is O=C(NC(=S)Nc1ccc(-c2nc3ccccc3s2)cc1)c1ccccc1. The highest BCUT2D eigenvalue weighted by Gasteiger charge is 2.08. The maximum absolute atomic E-state index is 12.1. The van der Waals surface area contributed by atoms with Gasteiger partial charge in [-0.25, -0.2) is 4.98 Å². The highest BCUT2D eigenvalue weighted by Crippen LogP contribution is 2.30. The molecule has 0 aliphatic heterocycles. The van der Waals surface area contributed by atoms with Gasteiger partial charge in [-0.2, -0.15) is 0 Å². The van der Waals surface area contributed by atoms with Gasteiger partial charge in [0.1, 0.15) is 5.01 Å². The summed E-state index contributed by atoms with van der Waals surface area (Å²) in [6.45, 7) is 0. The number of aromatic nitrogens is 1. The summed E-state index contributed by atoms with van der Waals surface area (Å²) in [4.78, 5) is 16.8. The Hall–Kier alpha value is -3.09. The molecule has 4 aromatic rings. The van der Waals surface area contributed by atoms with Crippen LogP contribution in [0.15, 0.2) is 78.9 Å². The second-order valence-corrected chi connectivity index (χ2v) is 7.28. The molecule has 0 radical (unpaired) electrons. The minimum atomic E-state index is -0.237. The van der Waals surface area contributed by atoms with E-state index in [0.29, 0.717) is 5.56 Å². The van der Waals surface area contributed by atoms with Crippen molar-refractivity contribution in [1.82, 2.24) is 10.3 Å². The van der Waals surface area contributed by atoms with Gasteiger partial charge in [-0.05, 0) is 60.7 Å². The topological polar surface area (TPSA) is 54.0 Å². The van der Waals surface area contributed by atoms with Crippen LogP contribution in [0.4, 0.5) is 5.69 Å². The summed E-state index contributed by atoms with van der Waals surface area (Å²) < 4.78 is 1.17. The Morgan fingerprint density at radius 2 is 1.59 bits per heavy atom. The Bertz CT molecular complexity index is 1070. The van der Waals surface area contributed by atoms with Crippen molar-refractivity contribution in [3.8, 4) is 10.6 Å². The first-order valence-corrected chi connectivity index (χ1v) is 9.55. The monoisotopic (exact) mass is 389 g/mol. The Balaban J connectivity index is 1.43. The number of thiazole rings is 1. The fourth-order valence-corrected chi connectivity index (χ4v) is 3.80. The predicted octanol–water partition coefficient (Wildman–Crippen LogP) is 5.09. The molecule has 1 aromatic heterocycles. The van der Waals surface area contributed by atoms with Gasteiger partial charge in [0.2, 0.25) is 0 Å². The van der Waals surface area contributed by atoms with E-state index in [1.165, 1.54) is 4.70 Å². The van der Waals surface area contributed by atoms with Crippen LogP contribution >= 0.6 is 23.6 Å². The van der Waals surface area contributed by atoms with Crippen molar-refractivity contribution >= 4 is 50.5 Å². The zero-order chi connectivity index (χ0) is 18.6. The van der Waals surface area contributed by atoms with E-state index in [-0.39, 0.29) is 11.0 Å². The first-order valence-electron chi connectivity index (χ1n) is 8.32. The average Bonchev–Trinajstić information content (AvgIpc) is 3.13. The lowest BCUT2D eigenvalue weighted by Crippen LogP contribution is -2.34. The summed E-state index contributed by atoms with van der Waals surface area (Å²) >= 11 is 6.89. The largest absolute Gasteiger partial charge is 0.332 e. The van der Waals surface area contributed by atoms with E-state index in [9.17, 15) is 4.79 Å². The quantitative estimate of drug-likeness (QED) is 0.479. The number of nitrogens with one attached hydrogen (secondary N) is 2. The lowest BCUT2D eigenvalue weighted by molar-refractivity contribution is 0.0977. The molecular weight excluding hydrogens is 374 g/mol. The molecule has 1 heterocycles. The molecular formula is C21H15N3OS2. The minimum Gasteiger partial charge on any atom is -0.332 e. The fourth-order valence-electron chi connectivity index (χ4n) is 2.62. The summed E-state index contributed by atoms with van der Waals surface area (Å²) in [5, 5.41) is 6.95. The number of anilines is 1. The highest BCUT2D eigenvalue weighted by molar-refractivity contribution is 7.80. The molecule has 6 heteroatoms. The van der Waals surface area contributed by atoms with Gasteiger partial charge in [0.05, 0.1) is 10.2 Å². The standard InChI is InChI=1S/C21H15N3OS2/c25-19(14-6-2-1-3-7-14)24-21(26)22-16-12-10-15(11-13-16)20-23-17-8-4-5-9-18(17)27-20/h1-13H,(H2,22,24,25,26). The van der Waals surface area contributed by atoms with Gasteiger partial charge in [-0.15, -0.1) is 11.3 Å². The number of hydrogen-bond donors (Lipinski definition) is 2. The number of amides is 1. The third-order valence-corrected chi connectivity index (χ3v) is 5.24. The van der Waals surface area contributed by atoms with Gasteiger partial charge < -0.3 is 5.32 Å². The highest BCUT2D eigenvalue weighted by atomic mass is 32.1. The average molecular weight is 390 g/mol. The lowest BCUT2D eigenvalue weighted by Gasteiger charge is -2.10. The molecule has 132 valence electrons. The summed E-state index contributed by atoms with van der Waals surface area (Å²) in [7, 11) is 0. The molecule has 4 nitrogen and oxygen atoms in total. The van der Waals surface area contributed by atoms with E-state index in [2.05, 4.69) is 21.7 Å². The van der Waals surface area contributed by atoms with Crippen molar-refractivity contribution in [3.63, 3.8) is 0 Å². The molecule has 0 spiro atoms. The Morgan fingerprint density at radius 1 is 0.889 bits per heavy atom.